The summed E-state index contributed by atoms with van der Waals surface area (Å²) in [6.07, 6.45) is 6.48. The van der Waals surface area contributed by atoms with Crippen molar-refractivity contribution in [2.24, 2.45) is 0 Å². The van der Waals surface area contributed by atoms with Crippen LogP contribution in [0.1, 0.15) is 56.3 Å². The molecule has 0 spiro atoms. The summed E-state index contributed by atoms with van der Waals surface area (Å²) in [7, 11) is 0. The summed E-state index contributed by atoms with van der Waals surface area (Å²) in [5, 5.41) is 15.0. The Bertz CT molecular complexity index is 2080. The first kappa shape index (κ1) is 34.8. The summed E-state index contributed by atoms with van der Waals surface area (Å²) in [5.74, 6) is 2.08. The van der Waals surface area contributed by atoms with Crippen LogP contribution >= 0.6 is 34.9 Å². The molecule has 2 aromatic heterocycles. The van der Waals surface area contributed by atoms with Crippen molar-refractivity contribution in [3.63, 3.8) is 0 Å². The molecule has 1 unspecified atom stereocenters. The number of ether oxygens (including phenoxy) is 1. The maximum atomic E-state index is 13.4. The lowest BCUT2D eigenvalue weighted by Crippen LogP contribution is -2.23. The Balaban J connectivity index is 0.977. The smallest absolute Gasteiger partial charge is 0.237 e. The van der Waals surface area contributed by atoms with Gasteiger partial charge in [0.25, 0.3) is 0 Å². The van der Waals surface area contributed by atoms with Crippen LogP contribution < -0.4 is 15.4 Å². The molecule has 1 atom stereocenters. The number of para-hydroxylation sites is 2. The molecule has 1 aliphatic carbocycles. The van der Waals surface area contributed by atoms with Crippen molar-refractivity contribution >= 4 is 68.3 Å². The first-order valence-corrected chi connectivity index (χ1v) is 19.7. The van der Waals surface area contributed by atoms with E-state index in [-0.39, 0.29) is 24.2 Å². The summed E-state index contributed by atoms with van der Waals surface area (Å²) < 4.78 is 9.86. The number of amides is 2. The molecule has 9 nitrogen and oxygen atoms in total. The average Bonchev–Trinajstić information content (AvgIpc) is 3.77. The van der Waals surface area contributed by atoms with Crippen LogP contribution in [0, 0.1) is 0 Å². The van der Waals surface area contributed by atoms with Crippen LogP contribution in [0.5, 0.6) is 5.75 Å². The number of carbonyl (C=O) groups excluding carboxylic acids is 2. The number of nitrogens with one attached hydrogen (secondary N) is 2. The van der Waals surface area contributed by atoms with E-state index in [0.29, 0.717) is 22.6 Å². The number of fused-ring (bicyclic) bond motifs is 1. The highest BCUT2D eigenvalue weighted by atomic mass is 32.2. The SMILES string of the molecule is CC(Sc1nnc(COc2ccc(C3CCCCC3)cc2)n1-c1ccccc1)C(=O)Nc1ccc2nc(SCC(=O)Nc3ccccc3)sc2c1. The highest BCUT2D eigenvalue weighted by Crippen LogP contribution is 2.34. The predicted molar refractivity (Wildman–Crippen MR) is 207 cm³/mol. The quantitative estimate of drug-likeness (QED) is 0.113. The number of thioether (sulfide) groups is 2. The highest BCUT2D eigenvalue weighted by molar-refractivity contribution is 8.01. The van der Waals surface area contributed by atoms with E-state index in [1.54, 1.807) is 0 Å². The van der Waals surface area contributed by atoms with Gasteiger partial charge in [-0.2, -0.15) is 0 Å². The maximum Gasteiger partial charge on any atom is 0.237 e. The van der Waals surface area contributed by atoms with Crippen molar-refractivity contribution in [1.82, 2.24) is 19.7 Å². The number of nitrogens with zero attached hydrogens (tertiary/aromatic N) is 4. The highest BCUT2D eigenvalue weighted by Gasteiger charge is 2.22. The second-order valence-electron chi connectivity index (χ2n) is 12.4. The number of carbonyl (C=O) groups is 2. The Morgan fingerprint density at radius 2 is 1.63 bits per heavy atom. The van der Waals surface area contributed by atoms with E-state index in [1.165, 1.54) is 72.5 Å². The van der Waals surface area contributed by atoms with E-state index >= 15 is 0 Å². The molecule has 1 aliphatic rings. The number of thiazole rings is 1. The monoisotopic (exact) mass is 734 g/mol. The Labute approximate surface area is 309 Å². The number of hydrogen-bond acceptors (Lipinski definition) is 9. The molecule has 51 heavy (non-hydrogen) atoms. The number of aromatic nitrogens is 4. The Hall–Kier alpha value is -4.65. The van der Waals surface area contributed by atoms with Gasteiger partial charge >= 0.3 is 0 Å². The fourth-order valence-electron chi connectivity index (χ4n) is 6.07. The van der Waals surface area contributed by atoms with Crippen molar-refractivity contribution < 1.29 is 14.3 Å². The Kier molecular flexibility index (Phi) is 11.3. The fraction of sp³-hybridized carbons (Fsp3) is 0.256. The first-order chi connectivity index (χ1) is 25.0. The summed E-state index contributed by atoms with van der Waals surface area (Å²) >= 11 is 4.22. The minimum absolute atomic E-state index is 0.0908. The van der Waals surface area contributed by atoms with Crippen LogP contribution in [0.4, 0.5) is 11.4 Å². The van der Waals surface area contributed by atoms with Gasteiger partial charge in [0.2, 0.25) is 11.8 Å². The van der Waals surface area contributed by atoms with Crippen LogP contribution in [-0.2, 0) is 16.2 Å². The molecular formula is C39H38N6O3S3. The van der Waals surface area contributed by atoms with E-state index in [9.17, 15) is 9.59 Å². The Morgan fingerprint density at radius 1 is 0.882 bits per heavy atom. The minimum atomic E-state index is -0.468. The largest absolute Gasteiger partial charge is 0.486 e. The van der Waals surface area contributed by atoms with Gasteiger partial charge in [0.15, 0.2) is 15.3 Å². The van der Waals surface area contributed by atoms with Gasteiger partial charge in [-0.15, -0.1) is 21.5 Å². The predicted octanol–water partition coefficient (Wildman–Crippen LogP) is 9.35. The zero-order valence-electron chi connectivity index (χ0n) is 28.2. The molecule has 2 N–H and O–H groups in total. The normalized spacial score (nSPS) is 13.9. The third kappa shape index (κ3) is 8.99. The van der Waals surface area contributed by atoms with Crippen LogP contribution in [0.2, 0.25) is 0 Å². The maximum absolute atomic E-state index is 13.4. The number of benzene rings is 4. The summed E-state index contributed by atoms with van der Waals surface area (Å²) in [6.45, 7) is 2.09. The van der Waals surface area contributed by atoms with Gasteiger partial charge in [0, 0.05) is 17.1 Å². The summed E-state index contributed by atoms with van der Waals surface area (Å²) in [6, 6.07) is 33.4. The van der Waals surface area contributed by atoms with E-state index in [0.717, 1.165) is 31.7 Å². The third-order valence-corrected chi connectivity index (χ3v) is 11.9. The first-order valence-electron chi connectivity index (χ1n) is 17.1. The molecular weight excluding hydrogens is 697 g/mol. The van der Waals surface area contributed by atoms with Crippen LogP contribution in [0.25, 0.3) is 15.9 Å². The van der Waals surface area contributed by atoms with Gasteiger partial charge in [-0.05, 0) is 85.8 Å². The lowest BCUT2D eigenvalue weighted by molar-refractivity contribution is -0.115. The number of hydrogen-bond donors (Lipinski definition) is 2. The molecule has 4 aromatic carbocycles. The number of anilines is 2. The standard InChI is InChI=1S/C39H38N6O3S3/c1-26(37(47)41-30-19-22-33-34(23-30)51-39(42-33)49-25-36(46)40-29-13-7-3-8-14-29)50-38-44-43-35(45(38)31-15-9-4-10-16-31)24-48-32-20-17-28(18-21-32)27-11-5-2-6-12-27/h3-4,7-10,13-23,26-27H,2,5-6,11-12,24-25H2,1H3,(H,40,46)(H,41,47). The van der Waals surface area contributed by atoms with Crippen molar-refractivity contribution in [1.29, 1.82) is 0 Å². The molecule has 12 heteroatoms. The molecule has 260 valence electrons. The van der Waals surface area contributed by atoms with Gasteiger partial charge in [-0.1, -0.05) is 91.3 Å². The van der Waals surface area contributed by atoms with Crippen molar-refractivity contribution in [3.05, 3.63) is 115 Å². The Morgan fingerprint density at radius 3 is 2.39 bits per heavy atom. The van der Waals surface area contributed by atoms with Crippen molar-refractivity contribution in [3.8, 4) is 11.4 Å². The van der Waals surface area contributed by atoms with Crippen LogP contribution in [-0.4, -0.2) is 42.6 Å². The summed E-state index contributed by atoms with van der Waals surface area (Å²) in [5.41, 5.74) is 4.54. The zero-order chi connectivity index (χ0) is 35.0. The fourth-order valence-corrected chi connectivity index (χ4v) is 8.86. The molecule has 2 amide bonds. The zero-order valence-corrected chi connectivity index (χ0v) is 30.6. The molecule has 6 aromatic rings. The molecule has 0 bridgehead atoms. The molecule has 2 heterocycles. The van der Waals surface area contributed by atoms with Gasteiger partial charge in [-0.25, -0.2) is 4.98 Å². The lowest BCUT2D eigenvalue weighted by Gasteiger charge is -2.22. The average molecular weight is 735 g/mol. The van der Waals surface area contributed by atoms with E-state index in [2.05, 4.69) is 37.9 Å². The topological polar surface area (TPSA) is 111 Å². The molecule has 7 rings (SSSR count). The van der Waals surface area contributed by atoms with Gasteiger partial charge in [-0.3, -0.25) is 14.2 Å². The van der Waals surface area contributed by atoms with E-state index in [4.69, 9.17) is 4.74 Å². The second kappa shape index (κ2) is 16.6. The number of rotatable bonds is 13. The molecule has 0 saturated heterocycles. The molecule has 0 aliphatic heterocycles. The second-order valence-corrected chi connectivity index (χ2v) is 15.9. The third-order valence-electron chi connectivity index (χ3n) is 8.71. The van der Waals surface area contributed by atoms with Crippen molar-refractivity contribution in [2.75, 3.05) is 16.4 Å². The lowest BCUT2D eigenvalue weighted by atomic mass is 9.84. The van der Waals surface area contributed by atoms with Crippen LogP contribution in [0.15, 0.2) is 113 Å². The molecule has 1 saturated carbocycles. The van der Waals surface area contributed by atoms with E-state index < -0.39 is 5.25 Å². The van der Waals surface area contributed by atoms with Crippen molar-refractivity contribution in [2.45, 2.75) is 66.3 Å². The summed E-state index contributed by atoms with van der Waals surface area (Å²) in [4.78, 5) is 30.5. The van der Waals surface area contributed by atoms with Gasteiger partial charge < -0.3 is 15.4 Å². The molecule has 0 radical (unpaired) electrons. The van der Waals surface area contributed by atoms with Gasteiger partial charge in [0.05, 0.1) is 21.2 Å². The van der Waals surface area contributed by atoms with Gasteiger partial charge in [0.1, 0.15) is 12.4 Å². The van der Waals surface area contributed by atoms with E-state index in [1.807, 2.05) is 102 Å². The van der Waals surface area contributed by atoms with Crippen LogP contribution in [0.3, 0.4) is 0 Å². The minimum Gasteiger partial charge on any atom is -0.486 e. The molecule has 1 fully saturated rings.